The summed E-state index contributed by atoms with van der Waals surface area (Å²) in [5, 5.41) is 4.75. The maximum atomic E-state index is 5.80. The summed E-state index contributed by atoms with van der Waals surface area (Å²) in [4.78, 5) is 6.51. The SMILES string of the molecule is C=CCn1c(-c2cccnc2)nn(CN2CC(C)OC(C)C2)c1=S. The van der Waals surface area contributed by atoms with Crippen molar-refractivity contribution in [2.24, 2.45) is 0 Å². The fraction of sp³-hybridized carbons (Fsp3) is 0.471. The molecule has 2 aromatic rings. The van der Waals surface area contributed by atoms with Gasteiger partial charge in [0, 0.05) is 37.6 Å². The van der Waals surface area contributed by atoms with Crippen molar-refractivity contribution in [1.82, 2.24) is 24.2 Å². The standard InChI is InChI=1S/C17H23N5OS/c1-4-8-21-16(15-6-5-7-18-9-15)19-22(17(21)24)12-20-10-13(2)23-14(3)11-20/h4-7,9,13-14H,1,8,10-12H2,2-3H3. The van der Waals surface area contributed by atoms with Gasteiger partial charge in [-0.15, -0.1) is 6.58 Å². The highest BCUT2D eigenvalue weighted by molar-refractivity contribution is 7.71. The number of aromatic nitrogens is 4. The fourth-order valence-corrected chi connectivity index (χ4v) is 3.38. The number of ether oxygens (including phenoxy) is 1. The molecule has 3 heterocycles. The Morgan fingerprint density at radius 1 is 1.38 bits per heavy atom. The Hall–Kier alpha value is -1.83. The van der Waals surface area contributed by atoms with Gasteiger partial charge in [0.1, 0.15) is 0 Å². The Balaban J connectivity index is 1.91. The monoisotopic (exact) mass is 345 g/mol. The molecule has 1 fully saturated rings. The second-order valence-corrected chi connectivity index (χ2v) is 6.55. The van der Waals surface area contributed by atoms with E-state index >= 15 is 0 Å². The maximum absolute atomic E-state index is 5.80. The van der Waals surface area contributed by atoms with Gasteiger partial charge in [0.05, 0.1) is 18.9 Å². The lowest BCUT2D eigenvalue weighted by Crippen LogP contribution is -2.46. The Morgan fingerprint density at radius 2 is 2.12 bits per heavy atom. The van der Waals surface area contributed by atoms with E-state index in [1.807, 2.05) is 27.5 Å². The quantitative estimate of drug-likeness (QED) is 0.616. The van der Waals surface area contributed by atoms with Gasteiger partial charge in [-0.2, -0.15) is 5.10 Å². The first-order valence-corrected chi connectivity index (χ1v) is 8.56. The third-order valence-corrected chi connectivity index (χ3v) is 4.41. The maximum Gasteiger partial charge on any atom is 0.199 e. The minimum Gasteiger partial charge on any atom is -0.373 e. The second-order valence-electron chi connectivity index (χ2n) is 6.18. The van der Waals surface area contributed by atoms with Crippen molar-refractivity contribution < 1.29 is 4.74 Å². The molecule has 1 saturated heterocycles. The molecular formula is C17H23N5OS. The third-order valence-electron chi connectivity index (χ3n) is 3.98. The molecule has 0 spiro atoms. The molecule has 2 unspecified atom stereocenters. The minimum atomic E-state index is 0.218. The lowest BCUT2D eigenvalue weighted by Gasteiger charge is -2.34. The fourth-order valence-electron chi connectivity index (χ4n) is 3.12. The molecule has 0 aromatic carbocycles. The summed E-state index contributed by atoms with van der Waals surface area (Å²) in [5.74, 6) is 0.822. The van der Waals surface area contributed by atoms with Crippen LogP contribution in [0.1, 0.15) is 13.8 Å². The molecule has 0 bridgehead atoms. The molecular weight excluding hydrogens is 322 g/mol. The predicted molar refractivity (Wildman–Crippen MR) is 96.1 cm³/mol. The van der Waals surface area contributed by atoms with Crippen molar-refractivity contribution in [1.29, 1.82) is 0 Å². The zero-order valence-electron chi connectivity index (χ0n) is 14.1. The van der Waals surface area contributed by atoms with Gasteiger partial charge in [0.15, 0.2) is 10.6 Å². The Labute approximate surface area is 147 Å². The lowest BCUT2D eigenvalue weighted by atomic mass is 10.2. The zero-order valence-corrected chi connectivity index (χ0v) is 14.9. The third kappa shape index (κ3) is 3.63. The first-order chi connectivity index (χ1) is 11.6. The molecule has 1 aliphatic heterocycles. The van der Waals surface area contributed by atoms with E-state index in [2.05, 4.69) is 30.3 Å². The predicted octanol–water partition coefficient (Wildman–Crippen LogP) is 2.73. The molecule has 3 rings (SSSR count). The highest BCUT2D eigenvalue weighted by Crippen LogP contribution is 2.18. The number of allylic oxidation sites excluding steroid dienone is 1. The largest absolute Gasteiger partial charge is 0.373 e. The van der Waals surface area contributed by atoms with Crippen LogP contribution in [0.15, 0.2) is 37.2 Å². The van der Waals surface area contributed by atoms with Crippen molar-refractivity contribution in [2.75, 3.05) is 13.1 Å². The summed E-state index contributed by atoms with van der Waals surface area (Å²) in [7, 11) is 0. The summed E-state index contributed by atoms with van der Waals surface area (Å²) in [6, 6.07) is 3.90. The van der Waals surface area contributed by atoms with Gasteiger partial charge in [-0.25, -0.2) is 4.68 Å². The Bertz CT molecular complexity index is 744. The molecule has 0 saturated carbocycles. The summed E-state index contributed by atoms with van der Waals surface area (Å²) in [6.07, 6.45) is 5.83. The molecule has 6 nitrogen and oxygen atoms in total. The van der Waals surface area contributed by atoms with Gasteiger partial charge in [-0.3, -0.25) is 14.5 Å². The van der Waals surface area contributed by atoms with Crippen LogP contribution < -0.4 is 0 Å². The van der Waals surface area contributed by atoms with Crippen molar-refractivity contribution >= 4 is 12.2 Å². The van der Waals surface area contributed by atoms with Gasteiger partial charge >= 0.3 is 0 Å². The smallest absolute Gasteiger partial charge is 0.199 e. The summed E-state index contributed by atoms with van der Waals surface area (Å²) in [6.45, 7) is 11.1. The summed E-state index contributed by atoms with van der Waals surface area (Å²) < 4.78 is 10.4. The van der Waals surface area contributed by atoms with Crippen LogP contribution in [0.4, 0.5) is 0 Å². The van der Waals surface area contributed by atoms with Gasteiger partial charge in [-0.05, 0) is 38.2 Å². The van der Waals surface area contributed by atoms with E-state index < -0.39 is 0 Å². The van der Waals surface area contributed by atoms with E-state index in [0.717, 1.165) is 24.5 Å². The van der Waals surface area contributed by atoms with Gasteiger partial charge in [-0.1, -0.05) is 6.08 Å². The first-order valence-electron chi connectivity index (χ1n) is 8.15. The van der Waals surface area contributed by atoms with Crippen molar-refractivity contribution in [3.63, 3.8) is 0 Å². The molecule has 0 aliphatic carbocycles. The molecule has 2 atom stereocenters. The Kier molecular flexibility index (Phi) is 5.23. The molecule has 2 aromatic heterocycles. The van der Waals surface area contributed by atoms with E-state index in [0.29, 0.717) is 18.0 Å². The lowest BCUT2D eigenvalue weighted by molar-refractivity contribution is -0.0777. The molecule has 24 heavy (non-hydrogen) atoms. The van der Waals surface area contributed by atoms with Crippen LogP contribution in [0.2, 0.25) is 0 Å². The number of nitrogens with zero attached hydrogens (tertiary/aromatic N) is 5. The average Bonchev–Trinajstić information content (AvgIpc) is 2.85. The number of hydrogen-bond donors (Lipinski definition) is 0. The van der Waals surface area contributed by atoms with Crippen molar-refractivity contribution in [3.05, 3.63) is 42.0 Å². The molecule has 0 N–H and O–H groups in total. The topological polar surface area (TPSA) is 48.1 Å². The number of morpholine rings is 1. The van der Waals surface area contributed by atoms with Crippen LogP contribution in [0.25, 0.3) is 11.4 Å². The second kappa shape index (κ2) is 7.38. The number of rotatable bonds is 5. The van der Waals surface area contributed by atoms with E-state index in [4.69, 9.17) is 22.1 Å². The van der Waals surface area contributed by atoms with Gasteiger partial charge in [0.25, 0.3) is 0 Å². The summed E-state index contributed by atoms with van der Waals surface area (Å²) in [5.41, 5.74) is 0.952. The van der Waals surface area contributed by atoms with Crippen LogP contribution in [0, 0.1) is 4.77 Å². The van der Waals surface area contributed by atoms with E-state index in [-0.39, 0.29) is 12.2 Å². The van der Waals surface area contributed by atoms with Gasteiger partial charge < -0.3 is 4.74 Å². The highest BCUT2D eigenvalue weighted by atomic mass is 32.1. The van der Waals surface area contributed by atoms with E-state index in [1.54, 1.807) is 12.4 Å². The van der Waals surface area contributed by atoms with Crippen LogP contribution in [-0.4, -0.2) is 49.5 Å². The molecule has 1 aliphatic rings. The van der Waals surface area contributed by atoms with Crippen LogP contribution in [0.5, 0.6) is 0 Å². The molecule has 0 radical (unpaired) electrons. The molecule has 0 amide bonds. The highest BCUT2D eigenvalue weighted by Gasteiger charge is 2.23. The average molecular weight is 345 g/mol. The van der Waals surface area contributed by atoms with Crippen LogP contribution >= 0.6 is 12.2 Å². The van der Waals surface area contributed by atoms with E-state index in [1.165, 1.54) is 0 Å². The number of pyridine rings is 1. The van der Waals surface area contributed by atoms with Gasteiger partial charge in [0.2, 0.25) is 0 Å². The zero-order chi connectivity index (χ0) is 17.1. The van der Waals surface area contributed by atoms with E-state index in [9.17, 15) is 0 Å². The number of hydrogen-bond acceptors (Lipinski definition) is 5. The molecule has 7 heteroatoms. The van der Waals surface area contributed by atoms with Crippen LogP contribution in [-0.2, 0) is 18.0 Å². The van der Waals surface area contributed by atoms with Crippen molar-refractivity contribution in [2.45, 2.75) is 39.3 Å². The first kappa shape index (κ1) is 17.0. The normalized spacial score (nSPS) is 21.8. The molecule has 128 valence electrons. The Morgan fingerprint density at radius 3 is 2.75 bits per heavy atom. The van der Waals surface area contributed by atoms with Crippen molar-refractivity contribution in [3.8, 4) is 11.4 Å². The minimum absolute atomic E-state index is 0.218. The summed E-state index contributed by atoms with van der Waals surface area (Å²) >= 11 is 5.64. The van der Waals surface area contributed by atoms with Crippen LogP contribution in [0.3, 0.4) is 0 Å².